The van der Waals surface area contributed by atoms with E-state index in [2.05, 4.69) is 15.5 Å². The normalized spacial score (nSPS) is 11.1. The van der Waals surface area contributed by atoms with Gasteiger partial charge in [0.2, 0.25) is 0 Å². The summed E-state index contributed by atoms with van der Waals surface area (Å²) in [6, 6.07) is 14.9. The van der Waals surface area contributed by atoms with Crippen molar-refractivity contribution in [2.45, 2.75) is 12.1 Å². The van der Waals surface area contributed by atoms with Gasteiger partial charge in [-0.15, -0.1) is 0 Å². The van der Waals surface area contributed by atoms with E-state index in [1.54, 1.807) is 6.21 Å². The molecule has 0 aliphatic rings. The van der Waals surface area contributed by atoms with E-state index in [9.17, 15) is 4.79 Å². The van der Waals surface area contributed by atoms with Gasteiger partial charge in [0.15, 0.2) is 5.58 Å². The van der Waals surface area contributed by atoms with Gasteiger partial charge in [-0.1, -0.05) is 23.9 Å². The number of benzene rings is 2. The fourth-order valence-corrected chi connectivity index (χ4v) is 2.70. The van der Waals surface area contributed by atoms with Crippen molar-refractivity contribution in [1.82, 2.24) is 10.4 Å². The number of amides is 1. The minimum atomic E-state index is -0.227. The lowest BCUT2D eigenvalue weighted by molar-refractivity contribution is -0.118. The summed E-state index contributed by atoms with van der Waals surface area (Å²) in [6.45, 7) is 2.56. The van der Waals surface area contributed by atoms with Gasteiger partial charge in [-0.25, -0.2) is 10.4 Å². The van der Waals surface area contributed by atoms with Crippen LogP contribution in [-0.4, -0.2) is 29.5 Å². The number of hydrogen-bond acceptors (Lipinski definition) is 6. The van der Waals surface area contributed by atoms with Gasteiger partial charge >= 0.3 is 0 Å². The molecule has 128 valence electrons. The van der Waals surface area contributed by atoms with Crippen LogP contribution in [0.2, 0.25) is 0 Å². The summed E-state index contributed by atoms with van der Waals surface area (Å²) >= 11 is 1.23. The Bertz CT molecular complexity index is 842. The topological polar surface area (TPSA) is 76.7 Å². The average Bonchev–Trinajstić information content (AvgIpc) is 3.05. The Morgan fingerprint density at radius 2 is 2.08 bits per heavy atom. The zero-order chi connectivity index (χ0) is 17.5. The van der Waals surface area contributed by atoms with Crippen LogP contribution in [0.3, 0.4) is 0 Å². The Morgan fingerprint density at radius 1 is 1.28 bits per heavy atom. The molecule has 3 rings (SSSR count). The molecule has 0 aliphatic carbocycles. The number of para-hydroxylation sites is 2. The van der Waals surface area contributed by atoms with E-state index < -0.39 is 0 Å². The first-order valence-corrected chi connectivity index (χ1v) is 8.76. The van der Waals surface area contributed by atoms with E-state index >= 15 is 0 Å². The number of carbonyl (C=O) groups excluding carboxylic acids is 1. The van der Waals surface area contributed by atoms with Crippen molar-refractivity contribution in [2.75, 3.05) is 12.4 Å². The zero-order valence-corrected chi connectivity index (χ0v) is 14.5. The molecule has 0 fully saturated rings. The van der Waals surface area contributed by atoms with E-state index in [-0.39, 0.29) is 11.7 Å². The highest BCUT2D eigenvalue weighted by molar-refractivity contribution is 7.99. The lowest BCUT2D eigenvalue weighted by Gasteiger charge is -2.02. The molecule has 1 amide bonds. The van der Waals surface area contributed by atoms with Gasteiger partial charge in [0.1, 0.15) is 11.3 Å². The lowest BCUT2D eigenvalue weighted by Crippen LogP contribution is -2.19. The predicted molar refractivity (Wildman–Crippen MR) is 98.1 cm³/mol. The average molecular weight is 355 g/mol. The zero-order valence-electron chi connectivity index (χ0n) is 13.6. The van der Waals surface area contributed by atoms with Crippen molar-refractivity contribution in [2.24, 2.45) is 5.10 Å². The van der Waals surface area contributed by atoms with Crippen LogP contribution in [-0.2, 0) is 4.79 Å². The summed E-state index contributed by atoms with van der Waals surface area (Å²) < 4.78 is 10.9. The van der Waals surface area contributed by atoms with Crippen molar-refractivity contribution >= 4 is 35.0 Å². The molecule has 7 heteroatoms. The van der Waals surface area contributed by atoms with Crippen LogP contribution in [0.25, 0.3) is 11.1 Å². The van der Waals surface area contributed by atoms with Crippen LogP contribution in [0.4, 0.5) is 0 Å². The molecule has 0 spiro atoms. The predicted octanol–water partition coefficient (Wildman–Crippen LogP) is 3.47. The number of thioether (sulfide) groups is 1. The third kappa shape index (κ3) is 4.84. The molecule has 0 atom stereocenters. The first kappa shape index (κ1) is 17.0. The van der Waals surface area contributed by atoms with Crippen LogP contribution in [0.1, 0.15) is 12.5 Å². The molecular weight excluding hydrogens is 338 g/mol. The second kappa shape index (κ2) is 8.34. The molecular formula is C18H17N3O3S. The molecule has 3 aromatic rings. The third-order valence-electron chi connectivity index (χ3n) is 3.19. The van der Waals surface area contributed by atoms with Crippen LogP contribution in [0.15, 0.2) is 63.3 Å². The number of nitrogens with zero attached hydrogens (tertiary/aromatic N) is 2. The highest BCUT2D eigenvalue weighted by Crippen LogP contribution is 2.22. The monoisotopic (exact) mass is 355 g/mol. The Kier molecular flexibility index (Phi) is 5.69. The Labute approximate surface area is 149 Å². The highest BCUT2D eigenvalue weighted by atomic mass is 32.2. The molecule has 0 saturated carbocycles. The maximum absolute atomic E-state index is 11.8. The molecule has 1 N–H and O–H groups in total. The number of ether oxygens (including phenoxy) is 1. The molecule has 0 saturated heterocycles. The standard InChI is InChI=1S/C18H17N3O3S/c1-2-23-14-9-7-13(8-10-14)11-19-21-17(22)12-25-18-20-15-5-3-4-6-16(15)24-18/h3-11H,2,12H2,1H3,(H,21,22). The molecule has 6 nitrogen and oxygen atoms in total. The van der Waals surface area contributed by atoms with Crippen molar-refractivity contribution in [3.63, 3.8) is 0 Å². The molecule has 0 aliphatic heterocycles. The number of aromatic nitrogens is 1. The van der Waals surface area contributed by atoms with Gasteiger partial charge in [-0.3, -0.25) is 4.79 Å². The number of carbonyl (C=O) groups is 1. The maximum Gasteiger partial charge on any atom is 0.257 e. The summed E-state index contributed by atoms with van der Waals surface area (Å²) in [5.41, 5.74) is 4.84. The third-order valence-corrected chi connectivity index (χ3v) is 4.02. The first-order valence-electron chi connectivity index (χ1n) is 7.78. The van der Waals surface area contributed by atoms with Gasteiger partial charge in [0, 0.05) is 0 Å². The van der Waals surface area contributed by atoms with E-state index in [1.807, 2.05) is 55.5 Å². The molecule has 0 unspecified atom stereocenters. The van der Waals surface area contributed by atoms with E-state index in [4.69, 9.17) is 9.15 Å². The molecule has 0 radical (unpaired) electrons. The quantitative estimate of drug-likeness (QED) is 0.399. The number of fused-ring (bicyclic) bond motifs is 1. The van der Waals surface area contributed by atoms with Crippen molar-refractivity contribution in [3.8, 4) is 5.75 Å². The fourth-order valence-electron chi connectivity index (χ4n) is 2.07. The van der Waals surface area contributed by atoms with Crippen LogP contribution >= 0.6 is 11.8 Å². The second-order valence-corrected chi connectivity index (χ2v) is 5.96. The van der Waals surface area contributed by atoms with Crippen LogP contribution < -0.4 is 10.2 Å². The largest absolute Gasteiger partial charge is 0.494 e. The number of hydrogen-bond donors (Lipinski definition) is 1. The number of hydrazone groups is 1. The number of rotatable bonds is 7. The van der Waals surface area contributed by atoms with Gasteiger partial charge in [-0.05, 0) is 48.9 Å². The minimum Gasteiger partial charge on any atom is -0.494 e. The van der Waals surface area contributed by atoms with Gasteiger partial charge in [0.05, 0.1) is 18.6 Å². The summed E-state index contributed by atoms with van der Waals surface area (Å²) in [5, 5.41) is 4.41. The first-order chi connectivity index (χ1) is 12.2. The van der Waals surface area contributed by atoms with E-state index in [1.165, 1.54) is 11.8 Å². The van der Waals surface area contributed by atoms with Crippen LogP contribution in [0, 0.1) is 0 Å². The molecule has 0 bridgehead atoms. The number of oxazole rings is 1. The van der Waals surface area contributed by atoms with Gasteiger partial charge < -0.3 is 9.15 Å². The highest BCUT2D eigenvalue weighted by Gasteiger charge is 2.08. The molecule has 2 aromatic carbocycles. The number of nitrogens with one attached hydrogen (secondary N) is 1. The summed E-state index contributed by atoms with van der Waals surface area (Å²) in [6.07, 6.45) is 1.58. The maximum atomic E-state index is 11.8. The van der Waals surface area contributed by atoms with Crippen molar-refractivity contribution < 1.29 is 13.9 Å². The van der Waals surface area contributed by atoms with E-state index in [0.29, 0.717) is 17.4 Å². The van der Waals surface area contributed by atoms with Gasteiger partial charge in [0.25, 0.3) is 11.1 Å². The Hall–Kier alpha value is -2.80. The minimum absolute atomic E-state index is 0.174. The summed E-state index contributed by atoms with van der Waals surface area (Å²) in [5.74, 6) is 0.751. The summed E-state index contributed by atoms with van der Waals surface area (Å²) in [7, 11) is 0. The Balaban J connectivity index is 1.47. The Morgan fingerprint density at radius 3 is 2.84 bits per heavy atom. The van der Waals surface area contributed by atoms with E-state index in [0.717, 1.165) is 16.8 Å². The molecule has 1 heterocycles. The van der Waals surface area contributed by atoms with Crippen molar-refractivity contribution in [3.05, 3.63) is 54.1 Å². The summed E-state index contributed by atoms with van der Waals surface area (Å²) in [4.78, 5) is 16.1. The smallest absolute Gasteiger partial charge is 0.257 e. The fraction of sp³-hybridized carbons (Fsp3) is 0.167. The van der Waals surface area contributed by atoms with Gasteiger partial charge in [-0.2, -0.15) is 5.10 Å². The SMILES string of the molecule is CCOc1ccc(C=NNC(=O)CSc2nc3ccccc3o2)cc1. The molecule has 25 heavy (non-hydrogen) atoms. The van der Waals surface area contributed by atoms with Crippen molar-refractivity contribution in [1.29, 1.82) is 0 Å². The lowest BCUT2D eigenvalue weighted by atomic mass is 10.2. The molecule has 1 aromatic heterocycles. The van der Waals surface area contributed by atoms with Crippen LogP contribution in [0.5, 0.6) is 5.75 Å². The second-order valence-electron chi connectivity index (χ2n) is 5.03.